The van der Waals surface area contributed by atoms with Crippen molar-refractivity contribution in [3.8, 4) is 0 Å². The summed E-state index contributed by atoms with van der Waals surface area (Å²) in [5, 5.41) is 19.5. The summed E-state index contributed by atoms with van der Waals surface area (Å²) in [5.41, 5.74) is 13.0. The quantitative estimate of drug-likeness (QED) is 0.260. The molecule has 5 heterocycles. The minimum Gasteiger partial charge on any atom is -0.481 e. The van der Waals surface area contributed by atoms with Gasteiger partial charge in [-0.3, -0.25) is 4.79 Å². The van der Waals surface area contributed by atoms with Crippen LogP contribution >= 0.6 is 0 Å². The van der Waals surface area contributed by atoms with E-state index < -0.39 is 11.9 Å². The van der Waals surface area contributed by atoms with Crippen molar-refractivity contribution < 1.29 is 19.8 Å². The Bertz CT molecular complexity index is 1820. The molecule has 0 saturated heterocycles. The van der Waals surface area contributed by atoms with Gasteiger partial charge in [0.2, 0.25) is 0 Å². The third-order valence-electron chi connectivity index (χ3n) is 8.18. The maximum Gasteiger partial charge on any atom is 0.338 e. The highest BCUT2D eigenvalue weighted by molar-refractivity contribution is 6.02. The summed E-state index contributed by atoms with van der Waals surface area (Å²) in [6.07, 6.45) is 1.91. The minimum absolute atomic E-state index is 0.0332. The summed E-state index contributed by atoms with van der Waals surface area (Å²) in [6.45, 7) is 12.1. The molecule has 8 bridgehead atoms. The predicted molar refractivity (Wildman–Crippen MR) is 159 cm³/mol. The number of aromatic amines is 2. The number of rotatable bonds is 6. The van der Waals surface area contributed by atoms with Crippen LogP contribution < -0.4 is 0 Å². The Hall–Kier alpha value is -4.46. The number of nitrogens with one attached hydrogen (secondary N) is 2. The molecule has 40 heavy (non-hydrogen) atoms. The lowest BCUT2D eigenvalue weighted by Crippen LogP contribution is -1.97. The Labute approximate surface area is 232 Å². The van der Waals surface area contributed by atoms with Crippen LogP contribution in [-0.4, -0.2) is 42.1 Å². The van der Waals surface area contributed by atoms with Crippen LogP contribution in [0.4, 0.5) is 0 Å². The Kier molecular flexibility index (Phi) is 6.96. The van der Waals surface area contributed by atoms with E-state index in [-0.39, 0.29) is 12.0 Å². The average molecular weight is 539 g/mol. The second kappa shape index (κ2) is 10.3. The number of aryl methyl sites for hydroxylation is 3. The van der Waals surface area contributed by atoms with Gasteiger partial charge in [0.1, 0.15) is 0 Å². The molecule has 3 aromatic heterocycles. The van der Waals surface area contributed by atoms with Crippen molar-refractivity contribution in [2.45, 2.75) is 67.2 Å². The van der Waals surface area contributed by atoms with Gasteiger partial charge in [0.05, 0.1) is 33.9 Å². The third kappa shape index (κ3) is 4.53. The van der Waals surface area contributed by atoms with Gasteiger partial charge in [-0.2, -0.15) is 0 Å². The van der Waals surface area contributed by atoms with Crippen LogP contribution in [-0.2, 0) is 11.2 Å². The van der Waals surface area contributed by atoms with Gasteiger partial charge in [-0.15, -0.1) is 0 Å². The number of H-pyrrole nitrogens is 2. The van der Waals surface area contributed by atoms with Crippen molar-refractivity contribution in [2.75, 3.05) is 0 Å². The first-order valence-corrected chi connectivity index (χ1v) is 13.6. The number of aromatic nitrogens is 4. The molecular formula is C32H34N4O4. The molecule has 3 aromatic rings. The average Bonchev–Trinajstić information content (AvgIpc) is 3.56. The molecule has 8 heteroatoms. The van der Waals surface area contributed by atoms with Crippen molar-refractivity contribution in [2.24, 2.45) is 0 Å². The minimum atomic E-state index is -1.03. The van der Waals surface area contributed by atoms with Crippen LogP contribution in [0.5, 0.6) is 0 Å². The van der Waals surface area contributed by atoms with Gasteiger partial charge in [-0.25, -0.2) is 14.8 Å². The van der Waals surface area contributed by atoms with Crippen LogP contribution in [0.2, 0.25) is 0 Å². The summed E-state index contributed by atoms with van der Waals surface area (Å²) in [7, 11) is 0. The molecular weight excluding hydrogens is 504 g/mol. The third-order valence-corrected chi connectivity index (χ3v) is 8.18. The summed E-state index contributed by atoms with van der Waals surface area (Å²) >= 11 is 0. The molecule has 206 valence electrons. The van der Waals surface area contributed by atoms with E-state index in [4.69, 9.17) is 9.97 Å². The van der Waals surface area contributed by atoms with Gasteiger partial charge in [-0.1, -0.05) is 13.8 Å². The molecule has 0 fully saturated rings. The van der Waals surface area contributed by atoms with Gasteiger partial charge in [-0.05, 0) is 110 Å². The van der Waals surface area contributed by atoms with E-state index in [0.29, 0.717) is 34.4 Å². The SMILES string of the molecule is CCC1=C(C)c2cc3nc(cc4[nH]c(cc5[nH]c(cc1n2)c(C)c5CC)c(C)c4C(=O)O)C(C)=C3CCC(=O)O. The van der Waals surface area contributed by atoms with Crippen LogP contribution in [0, 0.1) is 13.8 Å². The highest BCUT2D eigenvalue weighted by Gasteiger charge is 2.22. The van der Waals surface area contributed by atoms with E-state index in [1.807, 2.05) is 19.1 Å². The number of carboxylic acid groups (broad SMARTS) is 2. The molecule has 8 nitrogen and oxygen atoms in total. The lowest BCUT2D eigenvalue weighted by atomic mass is 9.99. The highest BCUT2D eigenvalue weighted by Crippen LogP contribution is 2.37. The molecule has 4 N–H and O–H groups in total. The predicted octanol–water partition coefficient (Wildman–Crippen LogP) is 7.33. The first-order valence-electron chi connectivity index (χ1n) is 13.6. The van der Waals surface area contributed by atoms with Crippen molar-refractivity contribution in [1.29, 1.82) is 0 Å². The second-order valence-electron chi connectivity index (χ2n) is 10.5. The van der Waals surface area contributed by atoms with Gasteiger partial charge in [0, 0.05) is 23.0 Å². The number of fused-ring (bicyclic) bond motifs is 8. The Morgan fingerprint density at radius 2 is 1.27 bits per heavy atom. The smallest absolute Gasteiger partial charge is 0.338 e. The first-order chi connectivity index (χ1) is 19.0. The number of allylic oxidation sites excluding steroid dienone is 4. The number of carbonyl (C=O) groups is 2. The molecule has 2 aliphatic rings. The van der Waals surface area contributed by atoms with Crippen molar-refractivity contribution in [3.05, 3.63) is 69.3 Å². The molecule has 0 unspecified atom stereocenters. The van der Waals surface area contributed by atoms with Crippen LogP contribution in [0.3, 0.4) is 0 Å². The second-order valence-corrected chi connectivity index (χ2v) is 10.5. The molecule has 2 aliphatic heterocycles. The van der Waals surface area contributed by atoms with Gasteiger partial charge in [0.15, 0.2) is 0 Å². The van der Waals surface area contributed by atoms with Crippen molar-refractivity contribution in [1.82, 2.24) is 19.9 Å². The number of aliphatic carboxylic acids is 1. The molecule has 0 amide bonds. The van der Waals surface area contributed by atoms with Gasteiger partial charge in [0.25, 0.3) is 0 Å². The number of carboxylic acids is 2. The van der Waals surface area contributed by atoms with Crippen LogP contribution in [0.25, 0.3) is 44.4 Å². The van der Waals surface area contributed by atoms with E-state index in [9.17, 15) is 19.8 Å². The largest absolute Gasteiger partial charge is 0.481 e. The number of hydrogen-bond donors (Lipinski definition) is 4. The summed E-state index contributed by atoms with van der Waals surface area (Å²) in [4.78, 5) is 40.6. The Morgan fingerprint density at radius 3 is 1.90 bits per heavy atom. The fourth-order valence-corrected chi connectivity index (χ4v) is 5.88. The highest BCUT2D eigenvalue weighted by atomic mass is 16.4. The number of aromatic carboxylic acids is 1. The Balaban J connectivity index is 1.97. The first kappa shape index (κ1) is 27.1. The lowest BCUT2D eigenvalue weighted by molar-refractivity contribution is -0.136. The lowest BCUT2D eigenvalue weighted by Gasteiger charge is -2.03. The van der Waals surface area contributed by atoms with E-state index in [2.05, 4.69) is 43.7 Å². The van der Waals surface area contributed by atoms with Crippen LogP contribution in [0.1, 0.15) is 96.8 Å². The van der Waals surface area contributed by atoms with E-state index in [0.717, 1.165) is 63.1 Å². The fraction of sp³-hybridized carbons (Fsp3) is 0.312. The van der Waals surface area contributed by atoms with Crippen LogP contribution in [0.15, 0.2) is 24.3 Å². The molecule has 5 rings (SSSR count). The summed E-state index contributed by atoms with van der Waals surface area (Å²) in [6, 6.07) is 7.75. The standard InChI is InChI=1S/C32H34N4O4/c1-7-19-16(4)23-12-28-21(9-10-30(37)38)17(5)24(35-28)14-29-31(32(39)40)18(6)25(36-29)13-27-20(8-2)15(3)22(33-27)11-26(19)34-23/h11-14,33,36H,7-10H2,1-6H3,(H,37,38)(H,39,40). The normalized spacial score (nSPS) is 13.3. The zero-order chi connectivity index (χ0) is 28.9. The molecule has 0 atom stereocenters. The maximum atomic E-state index is 12.4. The topological polar surface area (TPSA) is 132 Å². The zero-order valence-corrected chi connectivity index (χ0v) is 23.7. The van der Waals surface area contributed by atoms with E-state index >= 15 is 0 Å². The monoisotopic (exact) mass is 538 g/mol. The number of nitrogens with zero attached hydrogens (tertiary/aromatic N) is 2. The van der Waals surface area contributed by atoms with E-state index in [1.54, 1.807) is 13.0 Å². The summed E-state index contributed by atoms with van der Waals surface area (Å²) in [5.74, 6) is -1.91. The van der Waals surface area contributed by atoms with Gasteiger partial charge >= 0.3 is 11.9 Å². The van der Waals surface area contributed by atoms with Gasteiger partial charge < -0.3 is 20.2 Å². The molecule has 0 spiro atoms. The Morgan fingerprint density at radius 1 is 0.700 bits per heavy atom. The maximum absolute atomic E-state index is 12.4. The summed E-state index contributed by atoms with van der Waals surface area (Å²) < 4.78 is 0. The van der Waals surface area contributed by atoms with E-state index in [1.165, 1.54) is 5.56 Å². The fourth-order valence-electron chi connectivity index (χ4n) is 5.88. The zero-order valence-electron chi connectivity index (χ0n) is 23.7. The number of hydrogen-bond acceptors (Lipinski definition) is 4. The molecule has 0 saturated carbocycles. The van der Waals surface area contributed by atoms with Crippen molar-refractivity contribution in [3.63, 3.8) is 0 Å². The molecule has 0 radical (unpaired) electrons. The van der Waals surface area contributed by atoms with Crippen molar-refractivity contribution >= 4 is 56.3 Å². The molecule has 0 aromatic carbocycles. The molecule has 0 aliphatic carbocycles.